The molecule has 0 spiro atoms. The van der Waals surface area contributed by atoms with Crippen molar-refractivity contribution in [2.75, 3.05) is 32.7 Å². The summed E-state index contributed by atoms with van der Waals surface area (Å²) in [5.41, 5.74) is 2.11. The predicted octanol–water partition coefficient (Wildman–Crippen LogP) is 4.71. The van der Waals surface area contributed by atoms with Crippen molar-refractivity contribution in [1.29, 1.82) is 0 Å². The van der Waals surface area contributed by atoms with Crippen molar-refractivity contribution in [2.24, 2.45) is 0 Å². The summed E-state index contributed by atoms with van der Waals surface area (Å²) in [5.74, 6) is 0.797. The van der Waals surface area contributed by atoms with E-state index in [1.807, 2.05) is 48.5 Å². The van der Waals surface area contributed by atoms with Gasteiger partial charge in [-0.3, -0.25) is 9.80 Å². The van der Waals surface area contributed by atoms with E-state index in [2.05, 4.69) is 20.8 Å². The molecule has 1 aliphatic heterocycles. The van der Waals surface area contributed by atoms with E-state index in [0.29, 0.717) is 39.3 Å². The summed E-state index contributed by atoms with van der Waals surface area (Å²) in [5, 5.41) is 0. The molecular weight excluding hydrogens is 421 g/mol. The van der Waals surface area contributed by atoms with E-state index in [1.54, 1.807) is 0 Å². The summed E-state index contributed by atoms with van der Waals surface area (Å²) in [4.78, 5) is 3.63. The highest BCUT2D eigenvalue weighted by Crippen LogP contribution is 2.29. The summed E-state index contributed by atoms with van der Waals surface area (Å²) in [6.07, 6.45) is -4.14. The lowest BCUT2D eigenvalue weighted by Crippen LogP contribution is -2.48. The Balaban J connectivity index is 1.60. The van der Waals surface area contributed by atoms with Gasteiger partial charge in [0.2, 0.25) is 0 Å². The van der Waals surface area contributed by atoms with Crippen LogP contribution >= 0.6 is 15.9 Å². The Bertz CT molecular complexity index is 732. The Kier molecular flexibility index (Phi) is 6.78. The van der Waals surface area contributed by atoms with Gasteiger partial charge in [0, 0.05) is 42.8 Å². The molecule has 0 atom stereocenters. The molecule has 2 aromatic carbocycles. The minimum Gasteiger partial charge on any atom is -0.489 e. The molecule has 27 heavy (non-hydrogen) atoms. The van der Waals surface area contributed by atoms with Crippen molar-refractivity contribution in [3.63, 3.8) is 0 Å². The van der Waals surface area contributed by atoms with Crippen molar-refractivity contribution in [1.82, 2.24) is 9.80 Å². The second-order valence-electron chi connectivity index (χ2n) is 6.66. The zero-order chi connectivity index (χ0) is 19.3. The summed E-state index contributed by atoms with van der Waals surface area (Å²) in [7, 11) is 0. The Hall–Kier alpha value is -1.57. The van der Waals surface area contributed by atoms with Crippen LogP contribution in [0, 0.1) is 0 Å². The van der Waals surface area contributed by atoms with Gasteiger partial charge in [-0.2, -0.15) is 13.2 Å². The van der Waals surface area contributed by atoms with Crippen LogP contribution in [-0.4, -0.2) is 48.7 Å². The fourth-order valence-corrected chi connectivity index (χ4v) is 3.62. The molecular formula is C20H22BrF3N2O. The van der Waals surface area contributed by atoms with Crippen molar-refractivity contribution >= 4 is 15.9 Å². The van der Waals surface area contributed by atoms with E-state index in [4.69, 9.17) is 4.74 Å². The maximum absolute atomic E-state index is 12.5. The van der Waals surface area contributed by atoms with Gasteiger partial charge in [-0.05, 0) is 17.7 Å². The van der Waals surface area contributed by atoms with Crippen molar-refractivity contribution in [3.05, 3.63) is 64.1 Å². The number of hydrogen-bond acceptors (Lipinski definition) is 3. The second kappa shape index (κ2) is 9.08. The van der Waals surface area contributed by atoms with Crippen molar-refractivity contribution < 1.29 is 17.9 Å². The van der Waals surface area contributed by atoms with Crippen LogP contribution in [0.4, 0.5) is 13.2 Å². The van der Waals surface area contributed by atoms with Gasteiger partial charge >= 0.3 is 6.18 Å². The summed E-state index contributed by atoms with van der Waals surface area (Å²) in [6.45, 7) is 2.34. The van der Waals surface area contributed by atoms with Gasteiger partial charge in [-0.1, -0.05) is 52.3 Å². The maximum atomic E-state index is 12.5. The Morgan fingerprint density at radius 3 is 2.22 bits per heavy atom. The number of ether oxygens (including phenoxy) is 1. The fraction of sp³-hybridized carbons (Fsp3) is 0.400. The Morgan fingerprint density at radius 2 is 1.56 bits per heavy atom. The highest BCUT2D eigenvalue weighted by molar-refractivity contribution is 9.10. The molecule has 0 unspecified atom stereocenters. The van der Waals surface area contributed by atoms with Crippen LogP contribution < -0.4 is 4.74 Å². The average Bonchev–Trinajstić information content (AvgIpc) is 2.63. The number of alkyl halides is 3. The van der Waals surface area contributed by atoms with E-state index < -0.39 is 12.7 Å². The van der Waals surface area contributed by atoms with Crippen LogP contribution in [-0.2, 0) is 13.2 Å². The van der Waals surface area contributed by atoms with E-state index in [1.165, 1.54) is 4.90 Å². The molecule has 0 N–H and O–H groups in total. The largest absolute Gasteiger partial charge is 0.489 e. The quantitative estimate of drug-likeness (QED) is 0.644. The first-order valence-electron chi connectivity index (χ1n) is 8.86. The summed E-state index contributed by atoms with van der Waals surface area (Å²) in [6, 6.07) is 15.8. The van der Waals surface area contributed by atoms with Crippen LogP contribution in [0.25, 0.3) is 0 Å². The molecule has 0 bridgehead atoms. The van der Waals surface area contributed by atoms with Gasteiger partial charge < -0.3 is 4.74 Å². The third-order valence-corrected chi connectivity index (χ3v) is 5.31. The molecule has 3 nitrogen and oxygen atoms in total. The molecule has 0 aliphatic carbocycles. The lowest BCUT2D eigenvalue weighted by Gasteiger charge is -2.35. The standard InChI is InChI=1S/C20H22BrF3N2O/c21-18-7-4-8-19(27-14-16-5-2-1-3-6-16)17(18)13-25-9-11-26(12-10-25)15-20(22,23)24/h1-8H,9-15H2. The van der Waals surface area contributed by atoms with Crippen LogP contribution in [0.2, 0.25) is 0 Å². The fourth-order valence-electron chi connectivity index (χ4n) is 3.15. The molecule has 0 aromatic heterocycles. The minimum atomic E-state index is -4.14. The number of halogens is 4. The summed E-state index contributed by atoms with van der Waals surface area (Å²) < 4.78 is 44.6. The summed E-state index contributed by atoms with van der Waals surface area (Å²) >= 11 is 3.59. The molecule has 1 fully saturated rings. The number of hydrogen-bond donors (Lipinski definition) is 0. The van der Waals surface area contributed by atoms with Gasteiger partial charge in [0.15, 0.2) is 0 Å². The molecule has 0 amide bonds. The highest BCUT2D eigenvalue weighted by atomic mass is 79.9. The molecule has 1 saturated heterocycles. The number of benzene rings is 2. The first-order chi connectivity index (χ1) is 12.9. The van der Waals surface area contributed by atoms with E-state index in [0.717, 1.165) is 21.3 Å². The second-order valence-corrected chi connectivity index (χ2v) is 7.51. The Labute approximate surface area is 165 Å². The number of nitrogens with zero attached hydrogens (tertiary/aromatic N) is 2. The molecule has 0 saturated carbocycles. The van der Waals surface area contributed by atoms with E-state index >= 15 is 0 Å². The molecule has 1 heterocycles. The average molecular weight is 443 g/mol. The van der Waals surface area contributed by atoms with Crippen molar-refractivity contribution in [3.8, 4) is 5.75 Å². The zero-order valence-electron chi connectivity index (χ0n) is 14.9. The maximum Gasteiger partial charge on any atom is 0.401 e. The number of piperazine rings is 1. The third kappa shape index (κ3) is 6.23. The predicted molar refractivity (Wildman–Crippen MR) is 103 cm³/mol. The van der Waals surface area contributed by atoms with E-state index in [-0.39, 0.29) is 0 Å². The van der Waals surface area contributed by atoms with E-state index in [9.17, 15) is 13.2 Å². The van der Waals surface area contributed by atoms with Gasteiger partial charge in [-0.15, -0.1) is 0 Å². The van der Waals surface area contributed by atoms with Crippen molar-refractivity contribution in [2.45, 2.75) is 19.3 Å². The van der Waals surface area contributed by atoms with Gasteiger partial charge in [0.1, 0.15) is 12.4 Å². The highest BCUT2D eigenvalue weighted by Gasteiger charge is 2.32. The first-order valence-corrected chi connectivity index (χ1v) is 9.65. The Morgan fingerprint density at radius 1 is 0.889 bits per heavy atom. The topological polar surface area (TPSA) is 15.7 Å². The minimum absolute atomic E-state index is 0.421. The van der Waals surface area contributed by atoms with Gasteiger partial charge in [0.05, 0.1) is 6.54 Å². The SMILES string of the molecule is FC(F)(F)CN1CCN(Cc2c(Br)cccc2OCc2ccccc2)CC1. The lowest BCUT2D eigenvalue weighted by atomic mass is 10.1. The first kappa shape index (κ1) is 20.2. The monoisotopic (exact) mass is 442 g/mol. The normalized spacial score (nSPS) is 16.4. The van der Waals surface area contributed by atoms with Crippen LogP contribution in [0.15, 0.2) is 53.0 Å². The smallest absolute Gasteiger partial charge is 0.401 e. The molecule has 7 heteroatoms. The number of rotatable bonds is 6. The molecule has 3 rings (SSSR count). The molecule has 2 aromatic rings. The van der Waals surface area contributed by atoms with Crippen LogP contribution in [0.1, 0.15) is 11.1 Å². The molecule has 0 radical (unpaired) electrons. The van der Waals surface area contributed by atoms with Gasteiger partial charge in [-0.25, -0.2) is 0 Å². The van der Waals surface area contributed by atoms with Crippen LogP contribution in [0.3, 0.4) is 0 Å². The third-order valence-electron chi connectivity index (χ3n) is 4.56. The van der Waals surface area contributed by atoms with Crippen LogP contribution in [0.5, 0.6) is 5.75 Å². The van der Waals surface area contributed by atoms with Gasteiger partial charge in [0.25, 0.3) is 0 Å². The zero-order valence-corrected chi connectivity index (χ0v) is 16.5. The molecule has 146 valence electrons. The molecule has 1 aliphatic rings. The lowest BCUT2D eigenvalue weighted by molar-refractivity contribution is -0.149.